The van der Waals surface area contributed by atoms with Crippen LogP contribution in [-0.4, -0.2) is 31.7 Å². The molecule has 1 N–H and O–H groups in total. The zero-order valence-corrected chi connectivity index (χ0v) is 10.8. The molecule has 0 bridgehead atoms. The molecule has 18 heavy (non-hydrogen) atoms. The maximum atomic E-state index is 8.79. The lowest BCUT2D eigenvalue weighted by Gasteiger charge is -2.15. The third-order valence-corrected chi connectivity index (χ3v) is 2.37. The first-order chi connectivity index (χ1) is 8.67. The third kappa shape index (κ3) is 2.94. The van der Waals surface area contributed by atoms with E-state index in [-0.39, 0.29) is 0 Å². The van der Waals surface area contributed by atoms with Gasteiger partial charge in [-0.15, -0.1) is 0 Å². The third-order valence-electron chi connectivity index (χ3n) is 2.37. The number of hydrogen-bond acceptors (Lipinski definition) is 5. The molecule has 98 valence electrons. The number of nitrogens with zero attached hydrogens (tertiary/aromatic N) is 1. The van der Waals surface area contributed by atoms with Crippen LogP contribution in [0.1, 0.15) is 12.5 Å². The Hall–Kier alpha value is -2.17. The summed E-state index contributed by atoms with van der Waals surface area (Å²) < 4.78 is 16.0. The van der Waals surface area contributed by atoms with E-state index in [1.54, 1.807) is 25.1 Å². The summed E-state index contributed by atoms with van der Waals surface area (Å²) in [6.45, 7) is 5.61. The van der Waals surface area contributed by atoms with Gasteiger partial charge in [-0.3, -0.25) is 0 Å². The zero-order chi connectivity index (χ0) is 13.5. The van der Waals surface area contributed by atoms with E-state index >= 15 is 0 Å². The van der Waals surface area contributed by atoms with Crippen molar-refractivity contribution in [1.29, 1.82) is 0 Å². The van der Waals surface area contributed by atoms with Gasteiger partial charge in [0.2, 0.25) is 5.75 Å². The van der Waals surface area contributed by atoms with Crippen molar-refractivity contribution in [1.82, 2.24) is 0 Å². The van der Waals surface area contributed by atoms with Gasteiger partial charge in [-0.2, -0.15) is 0 Å². The largest absolute Gasteiger partial charge is 0.493 e. The number of benzene rings is 1. The van der Waals surface area contributed by atoms with Gasteiger partial charge in [0.25, 0.3) is 0 Å². The maximum absolute atomic E-state index is 8.79. The SMILES string of the molecule is C=CCOc1c(OC)cc(/C(C)=N/O)cc1OC. The first-order valence-electron chi connectivity index (χ1n) is 5.36. The van der Waals surface area contributed by atoms with Crippen molar-refractivity contribution in [3.63, 3.8) is 0 Å². The lowest BCUT2D eigenvalue weighted by Crippen LogP contribution is -2.02. The molecule has 0 unspecified atom stereocenters. The quantitative estimate of drug-likeness (QED) is 0.365. The number of ether oxygens (including phenoxy) is 3. The monoisotopic (exact) mass is 251 g/mol. The van der Waals surface area contributed by atoms with Gasteiger partial charge in [0.05, 0.1) is 19.9 Å². The van der Waals surface area contributed by atoms with Crippen LogP contribution < -0.4 is 14.2 Å². The number of rotatable bonds is 6. The minimum absolute atomic E-state index is 0.346. The van der Waals surface area contributed by atoms with Gasteiger partial charge in [0.1, 0.15) is 6.61 Å². The van der Waals surface area contributed by atoms with Crippen LogP contribution >= 0.6 is 0 Å². The van der Waals surface area contributed by atoms with Gasteiger partial charge in [-0.25, -0.2) is 0 Å². The summed E-state index contributed by atoms with van der Waals surface area (Å²) in [5.74, 6) is 1.51. The highest BCUT2D eigenvalue weighted by molar-refractivity contribution is 5.99. The van der Waals surface area contributed by atoms with Crippen LogP contribution in [-0.2, 0) is 0 Å². The van der Waals surface area contributed by atoms with E-state index in [4.69, 9.17) is 19.4 Å². The van der Waals surface area contributed by atoms with E-state index in [0.717, 1.165) is 0 Å². The Balaban J connectivity index is 3.29. The fourth-order valence-corrected chi connectivity index (χ4v) is 1.43. The summed E-state index contributed by atoms with van der Waals surface area (Å²) in [4.78, 5) is 0. The normalized spacial score (nSPS) is 10.9. The summed E-state index contributed by atoms with van der Waals surface area (Å²) in [6, 6.07) is 3.44. The van der Waals surface area contributed by atoms with E-state index in [1.807, 2.05) is 0 Å². The summed E-state index contributed by atoms with van der Waals surface area (Å²) >= 11 is 0. The van der Waals surface area contributed by atoms with Gasteiger partial charge in [0.15, 0.2) is 11.5 Å². The Morgan fingerprint density at radius 3 is 2.28 bits per heavy atom. The minimum atomic E-state index is 0.346. The molecule has 0 aromatic heterocycles. The molecule has 0 heterocycles. The standard InChI is InChI=1S/C13H17NO4/c1-5-6-18-13-11(16-3)7-10(9(2)14-15)8-12(13)17-4/h5,7-8,15H,1,6H2,2-4H3/b14-9+. The first-order valence-corrected chi connectivity index (χ1v) is 5.36. The molecule has 1 aromatic carbocycles. The van der Waals surface area contributed by atoms with Gasteiger partial charge in [-0.1, -0.05) is 17.8 Å². The molecule has 0 saturated carbocycles. The second-order valence-corrected chi connectivity index (χ2v) is 3.49. The summed E-state index contributed by atoms with van der Waals surface area (Å²) in [5.41, 5.74) is 1.15. The molecule has 0 atom stereocenters. The van der Waals surface area contributed by atoms with Crippen LogP contribution in [0.15, 0.2) is 29.9 Å². The average Bonchev–Trinajstić information content (AvgIpc) is 2.43. The highest BCUT2D eigenvalue weighted by Crippen LogP contribution is 2.38. The van der Waals surface area contributed by atoms with E-state index in [1.165, 1.54) is 14.2 Å². The van der Waals surface area contributed by atoms with Crippen molar-refractivity contribution in [2.45, 2.75) is 6.92 Å². The molecule has 0 radical (unpaired) electrons. The molecular formula is C13H17NO4. The summed E-state index contributed by atoms with van der Waals surface area (Å²) in [7, 11) is 3.06. The molecule has 1 aromatic rings. The highest BCUT2D eigenvalue weighted by Gasteiger charge is 2.15. The van der Waals surface area contributed by atoms with Crippen molar-refractivity contribution in [3.05, 3.63) is 30.4 Å². The van der Waals surface area contributed by atoms with Crippen LogP contribution in [0.2, 0.25) is 0 Å². The minimum Gasteiger partial charge on any atom is -0.493 e. The number of oxime groups is 1. The van der Waals surface area contributed by atoms with Crippen LogP contribution in [0.5, 0.6) is 17.2 Å². The van der Waals surface area contributed by atoms with Crippen molar-refractivity contribution >= 4 is 5.71 Å². The second kappa shape index (κ2) is 6.54. The molecule has 5 heteroatoms. The predicted octanol–water partition coefficient (Wildman–Crippen LogP) is 2.47. The molecular weight excluding hydrogens is 234 g/mol. The highest BCUT2D eigenvalue weighted by atomic mass is 16.5. The van der Waals surface area contributed by atoms with Gasteiger partial charge in [0, 0.05) is 5.56 Å². The fourth-order valence-electron chi connectivity index (χ4n) is 1.43. The van der Waals surface area contributed by atoms with E-state index < -0.39 is 0 Å². The van der Waals surface area contributed by atoms with Crippen LogP contribution in [0.25, 0.3) is 0 Å². The van der Waals surface area contributed by atoms with Gasteiger partial charge in [-0.05, 0) is 19.1 Å². The van der Waals surface area contributed by atoms with Gasteiger partial charge >= 0.3 is 0 Å². The number of hydrogen-bond donors (Lipinski definition) is 1. The molecule has 0 aliphatic rings. The smallest absolute Gasteiger partial charge is 0.203 e. The summed E-state index contributed by atoms with van der Waals surface area (Å²) in [6.07, 6.45) is 1.63. The zero-order valence-electron chi connectivity index (χ0n) is 10.8. The lowest BCUT2D eigenvalue weighted by molar-refractivity contribution is 0.300. The summed E-state index contributed by atoms with van der Waals surface area (Å²) in [5, 5.41) is 11.9. The Morgan fingerprint density at radius 1 is 1.33 bits per heavy atom. The molecule has 0 spiro atoms. The molecule has 0 aliphatic heterocycles. The van der Waals surface area contributed by atoms with Crippen molar-refractivity contribution in [2.24, 2.45) is 5.16 Å². The molecule has 5 nitrogen and oxygen atoms in total. The molecule has 0 aliphatic carbocycles. The van der Waals surface area contributed by atoms with Crippen molar-refractivity contribution < 1.29 is 19.4 Å². The van der Waals surface area contributed by atoms with Crippen LogP contribution in [0.3, 0.4) is 0 Å². The molecule has 0 amide bonds. The van der Waals surface area contributed by atoms with Crippen molar-refractivity contribution in [2.75, 3.05) is 20.8 Å². The van der Waals surface area contributed by atoms with Crippen molar-refractivity contribution in [3.8, 4) is 17.2 Å². The predicted molar refractivity (Wildman–Crippen MR) is 69.2 cm³/mol. The Kier molecular flexibility index (Phi) is 5.05. The second-order valence-electron chi connectivity index (χ2n) is 3.49. The van der Waals surface area contributed by atoms with E-state index in [0.29, 0.717) is 35.1 Å². The number of methoxy groups -OCH3 is 2. The average molecular weight is 251 g/mol. The maximum Gasteiger partial charge on any atom is 0.203 e. The topological polar surface area (TPSA) is 60.3 Å². The first kappa shape index (κ1) is 13.9. The van der Waals surface area contributed by atoms with Gasteiger partial charge < -0.3 is 19.4 Å². The lowest BCUT2D eigenvalue weighted by atomic mass is 10.1. The molecule has 0 fully saturated rings. The van der Waals surface area contributed by atoms with Crippen LogP contribution in [0, 0.1) is 0 Å². The van der Waals surface area contributed by atoms with Crippen LogP contribution in [0.4, 0.5) is 0 Å². The molecule has 0 saturated heterocycles. The van der Waals surface area contributed by atoms with E-state index in [2.05, 4.69) is 11.7 Å². The molecule has 1 rings (SSSR count). The van der Waals surface area contributed by atoms with E-state index in [9.17, 15) is 0 Å². The Morgan fingerprint density at radius 2 is 1.89 bits per heavy atom. The Labute approximate surface area is 106 Å². The Bertz CT molecular complexity index is 429. The fraction of sp³-hybridized carbons (Fsp3) is 0.308.